The molecule has 0 amide bonds. The highest BCUT2D eigenvalue weighted by atomic mass is 79.9. The van der Waals surface area contributed by atoms with Crippen molar-refractivity contribution in [1.82, 2.24) is 15.0 Å². The summed E-state index contributed by atoms with van der Waals surface area (Å²) in [5.74, 6) is 0. The van der Waals surface area contributed by atoms with Gasteiger partial charge in [-0.3, -0.25) is 4.98 Å². The van der Waals surface area contributed by atoms with Gasteiger partial charge in [-0.15, -0.1) is 0 Å². The van der Waals surface area contributed by atoms with E-state index in [1.54, 1.807) is 12.4 Å². The van der Waals surface area contributed by atoms with Crippen molar-refractivity contribution in [2.45, 2.75) is 13.8 Å². The van der Waals surface area contributed by atoms with Gasteiger partial charge in [0.25, 0.3) is 0 Å². The lowest BCUT2D eigenvalue weighted by atomic mass is 10.2. The van der Waals surface area contributed by atoms with E-state index >= 15 is 0 Å². The molecule has 0 saturated carbocycles. The average Bonchev–Trinajstić information content (AvgIpc) is 2.15. The molecule has 0 atom stereocenters. The first kappa shape index (κ1) is 8.56. The first-order valence-electron chi connectivity index (χ1n) is 3.93. The van der Waals surface area contributed by atoms with E-state index in [4.69, 9.17) is 0 Å². The fourth-order valence-electron chi connectivity index (χ4n) is 1.26. The van der Waals surface area contributed by atoms with E-state index in [0.717, 1.165) is 21.2 Å². The Hall–Kier alpha value is -1.03. The largest absolute Gasteiger partial charge is 0.251 e. The van der Waals surface area contributed by atoms with Gasteiger partial charge in [-0.05, 0) is 35.3 Å². The highest BCUT2D eigenvalue weighted by Crippen LogP contribution is 2.23. The molecule has 0 aliphatic heterocycles. The van der Waals surface area contributed by atoms with E-state index in [2.05, 4.69) is 30.9 Å². The lowest BCUT2D eigenvalue weighted by molar-refractivity contribution is 1.14. The maximum absolute atomic E-state index is 4.32. The van der Waals surface area contributed by atoms with Gasteiger partial charge in [-0.25, -0.2) is 9.97 Å². The van der Waals surface area contributed by atoms with Gasteiger partial charge in [-0.1, -0.05) is 0 Å². The summed E-state index contributed by atoms with van der Waals surface area (Å²) in [4.78, 5) is 12.7. The van der Waals surface area contributed by atoms with Gasteiger partial charge in [0.15, 0.2) is 5.65 Å². The molecule has 0 radical (unpaired) electrons. The molecule has 2 aromatic rings. The molecular weight excluding hydrogens is 230 g/mol. The fourth-order valence-corrected chi connectivity index (χ4v) is 1.54. The maximum Gasteiger partial charge on any atom is 0.178 e. The predicted octanol–water partition coefficient (Wildman–Crippen LogP) is 2.40. The van der Waals surface area contributed by atoms with Gasteiger partial charge in [0.2, 0.25) is 0 Å². The van der Waals surface area contributed by atoms with E-state index in [1.165, 1.54) is 0 Å². The van der Waals surface area contributed by atoms with Crippen LogP contribution in [0.1, 0.15) is 11.3 Å². The Morgan fingerprint density at radius 3 is 2.62 bits per heavy atom. The summed E-state index contributed by atoms with van der Waals surface area (Å²) < 4.78 is 1.01. The van der Waals surface area contributed by atoms with Crippen LogP contribution in [-0.4, -0.2) is 15.0 Å². The lowest BCUT2D eigenvalue weighted by Gasteiger charge is -2.04. The van der Waals surface area contributed by atoms with Crippen molar-refractivity contribution >= 4 is 27.1 Å². The van der Waals surface area contributed by atoms with Crippen LogP contribution in [0.5, 0.6) is 0 Å². The average molecular weight is 238 g/mol. The number of aromatic nitrogens is 3. The Labute approximate surface area is 84.4 Å². The van der Waals surface area contributed by atoms with Crippen LogP contribution in [-0.2, 0) is 0 Å². The molecular formula is C9H8BrN3. The van der Waals surface area contributed by atoms with Crippen LogP contribution < -0.4 is 0 Å². The first-order valence-corrected chi connectivity index (χ1v) is 4.73. The van der Waals surface area contributed by atoms with Crippen LogP contribution in [0.2, 0.25) is 0 Å². The van der Waals surface area contributed by atoms with Gasteiger partial charge < -0.3 is 0 Å². The predicted molar refractivity (Wildman–Crippen MR) is 54.5 cm³/mol. The smallest absolute Gasteiger partial charge is 0.178 e. The molecule has 2 rings (SSSR count). The molecule has 0 aromatic carbocycles. The second-order valence-electron chi connectivity index (χ2n) is 2.86. The molecule has 66 valence electrons. The Balaban J connectivity index is 2.94. The van der Waals surface area contributed by atoms with E-state index in [0.29, 0.717) is 5.65 Å². The zero-order valence-corrected chi connectivity index (χ0v) is 8.96. The first-order chi connectivity index (χ1) is 6.20. The van der Waals surface area contributed by atoms with Crippen molar-refractivity contribution in [3.63, 3.8) is 0 Å². The van der Waals surface area contributed by atoms with Crippen molar-refractivity contribution in [2.24, 2.45) is 0 Å². The van der Waals surface area contributed by atoms with Crippen molar-refractivity contribution in [1.29, 1.82) is 0 Å². The number of nitrogens with zero attached hydrogens (tertiary/aromatic N) is 3. The molecule has 0 spiro atoms. The number of hydrogen-bond donors (Lipinski definition) is 0. The number of pyridine rings is 1. The molecule has 2 aromatic heterocycles. The van der Waals surface area contributed by atoms with Gasteiger partial charge in [0.05, 0.1) is 5.69 Å². The number of rotatable bonds is 0. The number of hydrogen-bond acceptors (Lipinski definition) is 3. The van der Waals surface area contributed by atoms with Crippen LogP contribution in [0.4, 0.5) is 0 Å². The molecule has 0 fully saturated rings. The molecule has 3 nitrogen and oxygen atoms in total. The Morgan fingerprint density at radius 2 is 1.85 bits per heavy atom. The van der Waals surface area contributed by atoms with Crippen LogP contribution in [0.3, 0.4) is 0 Å². The minimum absolute atomic E-state index is 0.709. The highest BCUT2D eigenvalue weighted by molar-refractivity contribution is 9.10. The number of fused-ring (bicyclic) bond motifs is 1. The molecule has 2 heterocycles. The molecule has 13 heavy (non-hydrogen) atoms. The highest BCUT2D eigenvalue weighted by Gasteiger charge is 2.07. The molecule has 0 bridgehead atoms. The Bertz CT molecular complexity index is 468. The third-order valence-corrected chi connectivity index (χ3v) is 3.12. The zero-order chi connectivity index (χ0) is 9.42. The summed E-state index contributed by atoms with van der Waals surface area (Å²) in [5.41, 5.74) is 3.61. The van der Waals surface area contributed by atoms with Crippen molar-refractivity contribution in [3.8, 4) is 0 Å². The van der Waals surface area contributed by atoms with Crippen LogP contribution >= 0.6 is 15.9 Å². The Morgan fingerprint density at radius 1 is 1.15 bits per heavy atom. The Kier molecular flexibility index (Phi) is 2.00. The molecule has 4 heteroatoms. The summed E-state index contributed by atoms with van der Waals surface area (Å²) in [6.45, 7) is 3.96. The van der Waals surface area contributed by atoms with Gasteiger partial charge in [0, 0.05) is 16.9 Å². The van der Waals surface area contributed by atoms with Crippen LogP contribution in [0, 0.1) is 13.8 Å². The standard InChI is InChI=1S/C9H8BrN3/c1-5-7(10)6(2)13-9-8(5)11-3-4-12-9/h3-4H,1-2H3. The summed E-state index contributed by atoms with van der Waals surface area (Å²) in [5, 5.41) is 0. The lowest BCUT2D eigenvalue weighted by Crippen LogP contribution is -1.94. The summed E-state index contributed by atoms with van der Waals surface area (Å²) in [6.07, 6.45) is 3.33. The van der Waals surface area contributed by atoms with E-state index in [9.17, 15) is 0 Å². The number of halogens is 1. The van der Waals surface area contributed by atoms with E-state index < -0.39 is 0 Å². The molecule has 0 saturated heterocycles. The summed E-state index contributed by atoms with van der Waals surface area (Å²) >= 11 is 3.47. The van der Waals surface area contributed by atoms with Crippen molar-refractivity contribution < 1.29 is 0 Å². The molecule has 0 N–H and O–H groups in total. The maximum atomic E-state index is 4.32. The quantitative estimate of drug-likeness (QED) is 0.707. The third kappa shape index (κ3) is 1.31. The van der Waals surface area contributed by atoms with E-state index in [-0.39, 0.29) is 0 Å². The van der Waals surface area contributed by atoms with E-state index in [1.807, 2.05) is 13.8 Å². The van der Waals surface area contributed by atoms with Gasteiger partial charge >= 0.3 is 0 Å². The van der Waals surface area contributed by atoms with Crippen LogP contribution in [0.15, 0.2) is 16.9 Å². The second-order valence-corrected chi connectivity index (χ2v) is 3.66. The second kappa shape index (κ2) is 3.03. The normalized spacial score (nSPS) is 10.7. The summed E-state index contributed by atoms with van der Waals surface area (Å²) in [7, 11) is 0. The van der Waals surface area contributed by atoms with Gasteiger partial charge in [-0.2, -0.15) is 0 Å². The van der Waals surface area contributed by atoms with Crippen molar-refractivity contribution in [2.75, 3.05) is 0 Å². The number of aryl methyl sites for hydroxylation is 2. The zero-order valence-electron chi connectivity index (χ0n) is 7.37. The minimum atomic E-state index is 0.709. The summed E-state index contributed by atoms with van der Waals surface area (Å²) in [6, 6.07) is 0. The fraction of sp³-hybridized carbons (Fsp3) is 0.222. The topological polar surface area (TPSA) is 38.7 Å². The van der Waals surface area contributed by atoms with Gasteiger partial charge in [0.1, 0.15) is 5.52 Å². The van der Waals surface area contributed by atoms with Crippen molar-refractivity contribution in [3.05, 3.63) is 28.1 Å². The molecule has 0 unspecified atom stereocenters. The molecule has 0 aliphatic rings. The monoisotopic (exact) mass is 237 g/mol. The SMILES string of the molecule is Cc1nc2nccnc2c(C)c1Br. The third-order valence-electron chi connectivity index (χ3n) is 1.95. The minimum Gasteiger partial charge on any atom is -0.251 e. The van der Waals surface area contributed by atoms with Crippen LogP contribution in [0.25, 0.3) is 11.2 Å². The molecule has 0 aliphatic carbocycles.